The molecular formula is C11H10BrFN2O. The van der Waals surface area contributed by atoms with Gasteiger partial charge >= 0.3 is 0 Å². The van der Waals surface area contributed by atoms with E-state index in [0.717, 1.165) is 4.47 Å². The van der Waals surface area contributed by atoms with Gasteiger partial charge in [0, 0.05) is 22.5 Å². The summed E-state index contributed by atoms with van der Waals surface area (Å²) in [5.41, 5.74) is 6.30. The highest BCUT2D eigenvalue weighted by atomic mass is 79.9. The van der Waals surface area contributed by atoms with Crippen molar-refractivity contribution in [1.82, 2.24) is 5.16 Å². The summed E-state index contributed by atoms with van der Waals surface area (Å²) in [5.74, 6) is 0.340. The van der Waals surface area contributed by atoms with E-state index in [1.54, 1.807) is 18.2 Å². The Hall–Kier alpha value is -1.20. The van der Waals surface area contributed by atoms with Crippen molar-refractivity contribution in [3.63, 3.8) is 0 Å². The molecule has 1 heterocycles. The lowest BCUT2D eigenvalue weighted by Gasteiger charge is -1.98. The Morgan fingerprint density at radius 3 is 2.94 bits per heavy atom. The number of nitrogens with two attached hydrogens (primary N) is 1. The maximum absolute atomic E-state index is 13.5. The van der Waals surface area contributed by atoms with Crippen LogP contribution in [-0.4, -0.2) is 11.7 Å². The zero-order valence-electron chi connectivity index (χ0n) is 8.41. The molecule has 0 saturated heterocycles. The van der Waals surface area contributed by atoms with Crippen LogP contribution in [0.5, 0.6) is 0 Å². The molecular weight excluding hydrogens is 275 g/mol. The fourth-order valence-corrected chi connectivity index (χ4v) is 1.75. The van der Waals surface area contributed by atoms with E-state index in [1.807, 2.05) is 0 Å². The molecule has 16 heavy (non-hydrogen) atoms. The monoisotopic (exact) mass is 284 g/mol. The first-order valence-electron chi connectivity index (χ1n) is 4.82. The van der Waals surface area contributed by atoms with Crippen molar-refractivity contribution < 1.29 is 8.91 Å². The van der Waals surface area contributed by atoms with E-state index in [2.05, 4.69) is 21.1 Å². The average molecular weight is 285 g/mol. The van der Waals surface area contributed by atoms with Crippen LogP contribution in [0.1, 0.15) is 5.76 Å². The first-order valence-corrected chi connectivity index (χ1v) is 5.61. The van der Waals surface area contributed by atoms with Gasteiger partial charge < -0.3 is 10.3 Å². The van der Waals surface area contributed by atoms with Gasteiger partial charge in [-0.1, -0.05) is 21.1 Å². The van der Waals surface area contributed by atoms with Gasteiger partial charge in [-0.3, -0.25) is 0 Å². The molecule has 0 aliphatic carbocycles. The van der Waals surface area contributed by atoms with Crippen LogP contribution in [0.15, 0.2) is 33.3 Å². The number of aromatic nitrogens is 1. The second-order valence-electron chi connectivity index (χ2n) is 3.34. The predicted molar refractivity (Wildman–Crippen MR) is 62.4 cm³/mol. The summed E-state index contributed by atoms with van der Waals surface area (Å²) >= 11 is 3.29. The number of nitrogens with zero attached hydrogens (tertiary/aromatic N) is 1. The zero-order chi connectivity index (χ0) is 11.5. The average Bonchev–Trinajstić information content (AvgIpc) is 2.71. The number of hydrogen-bond acceptors (Lipinski definition) is 3. The summed E-state index contributed by atoms with van der Waals surface area (Å²) in [5, 5.41) is 3.82. The third-order valence-corrected chi connectivity index (χ3v) is 2.65. The largest absolute Gasteiger partial charge is 0.361 e. The van der Waals surface area contributed by atoms with Crippen molar-refractivity contribution in [2.45, 2.75) is 6.42 Å². The molecule has 0 saturated carbocycles. The predicted octanol–water partition coefficient (Wildman–Crippen LogP) is 2.74. The van der Waals surface area contributed by atoms with E-state index in [0.29, 0.717) is 30.0 Å². The molecule has 0 unspecified atom stereocenters. The Morgan fingerprint density at radius 2 is 2.19 bits per heavy atom. The van der Waals surface area contributed by atoms with Crippen molar-refractivity contribution in [3.8, 4) is 11.3 Å². The molecule has 0 spiro atoms. The molecule has 1 aromatic heterocycles. The van der Waals surface area contributed by atoms with Crippen molar-refractivity contribution >= 4 is 15.9 Å². The Kier molecular flexibility index (Phi) is 3.36. The van der Waals surface area contributed by atoms with E-state index in [4.69, 9.17) is 10.3 Å². The number of halogens is 2. The Morgan fingerprint density at radius 1 is 1.38 bits per heavy atom. The van der Waals surface area contributed by atoms with Crippen LogP contribution < -0.4 is 5.73 Å². The highest BCUT2D eigenvalue weighted by Crippen LogP contribution is 2.25. The molecule has 3 nitrogen and oxygen atoms in total. The maximum atomic E-state index is 13.5. The number of hydrogen-bond donors (Lipinski definition) is 1. The Bertz CT molecular complexity index is 498. The van der Waals surface area contributed by atoms with Gasteiger partial charge in [-0.05, 0) is 24.7 Å². The smallest absolute Gasteiger partial charge is 0.138 e. The van der Waals surface area contributed by atoms with Crippen LogP contribution in [0.2, 0.25) is 0 Å². The minimum Gasteiger partial charge on any atom is -0.361 e. The summed E-state index contributed by atoms with van der Waals surface area (Å²) < 4.78 is 19.4. The second-order valence-corrected chi connectivity index (χ2v) is 4.26. The highest BCUT2D eigenvalue weighted by Gasteiger charge is 2.11. The van der Waals surface area contributed by atoms with Crippen molar-refractivity contribution in [2.75, 3.05) is 6.54 Å². The molecule has 0 bridgehead atoms. The molecule has 0 aliphatic rings. The molecule has 0 aliphatic heterocycles. The Balaban J connectivity index is 2.38. The van der Waals surface area contributed by atoms with Gasteiger partial charge in [0.1, 0.15) is 17.3 Å². The van der Waals surface area contributed by atoms with Gasteiger partial charge in [-0.25, -0.2) is 4.39 Å². The van der Waals surface area contributed by atoms with E-state index < -0.39 is 0 Å². The third kappa shape index (κ3) is 2.31. The van der Waals surface area contributed by atoms with Gasteiger partial charge in [0.25, 0.3) is 0 Å². The lowest BCUT2D eigenvalue weighted by atomic mass is 10.1. The summed E-state index contributed by atoms with van der Waals surface area (Å²) in [4.78, 5) is 0. The summed E-state index contributed by atoms with van der Waals surface area (Å²) in [6, 6.07) is 6.40. The topological polar surface area (TPSA) is 52.0 Å². The summed E-state index contributed by atoms with van der Waals surface area (Å²) in [6.07, 6.45) is 0.600. The zero-order valence-corrected chi connectivity index (χ0v) is 10.00. The van der Waals surface area contributed by atoms with E-state index >= 15 is 0 Å². The SMILES string of the molecule is NCCc1cc(-c2cc(Br)ccc2F)no1. The molecule has 2 aromatic rings. The number of rotatable bonds is 3. The van der Waals surface area contributed by atoms with E-state index in [-0.39, 0.29) is 5.82 Å². The van der Waals surface area contributed by atoms with Gasteiger partial charge in [0.15, 0.2) is 0 Å². The lowest BCUT2D eigenvalue weighted by Crippen LogP contribution is -2.01. The number of benzene rings is 1. The molecule has 0 radical (unpaired) electrons. The molecule has 84 valence electrons. The minimum absolute atomic E-state index is 0.323. The third-order valence-electron chi connectivity index (χ3n) is 2.15. The molecule has 2 rings (SSSR count). The van der Waals surface area contributed by atoms with Crippen LogP contribution >= 0.6 is 15.9 Å². The van der Waals surface area contributed by atoms with Crippen LogP contribution in [0.3, 0.4) is 0 Å². The molecule has 1 aromatic carbocycles. The van der Waals surface area contributed by atoms with Crippen LogP contribution in [0, 0.1) is 5.82 Å². The summed E-state index contributed by atoms with van der Waals surface area (Å²) in [6.45, 7) is 0.482. The fraction of sp³-hybridized carbons (Fsp3) is 0.182. The second kappa shape index (κ2) is 4.76. The highest BCUT2D eigenvalue weighted by molar-refractivity contribution is 9.10. The first-order chi connectivity index (χ1) is 7.70. The standard InChI is InChI=1S/C11H10BrFN2O/c12-7-1-2-10(13)9(5-7)11-6-8(3-4-14)16-15-11/h1-2,5-6H,3-4,14H2. The van der Waals surface area contributed by atoms with Gasteiger partial charge in [0.05, 0.1) is 0 Å². The molecule has 2 N–H and O–H groups in total. The van der Waals surface area contributed by atoms with Crippen LogP contribution in [0.25, 0.3) is 11.3 Å². The van der Waals surface area contributed by atoms with Gasteiger partial charge in [-0.2, -0.15) is 0 Å². The first kappa shape index (κ1) is 11.3. The summed E-state index contributed by atoms with van der Waals surface area (Å²) in [7, 11) is 0. The molecule has 0 atom stereocenters. The normalized spacial score (nSPS) is 10.7. The van der Waals surface area contributed by atoms with Crippen molar-refractivity contribution in [2.24, 2.45) is 5.73 Å². The Labute approximate surface area is 101 Å². The molecule has 0 amide bonds. The van der Waals surface area contributed by atoms with Crippen molar-refractivity contribution in [1.29, 1.82) is 0 Å². The molecule has 0 fully saturated rings. The van der Waals surface area contributed by atoms with Gasteiger partial charge in [-0.15, -0.1) is 0 Å². The maximum Gasteiger partial charge on any atom is 0.138 e. The van der Waals surface area contributed by atoms with Crippen LogP contribution in [-0.2, 0) is 6.42 Å². The van der Waals surface area contributed by atoms with E-state index in [9.17, 15) is 4.39 Å². The fourth-order valence-electron chi connectivity index (χ4n) is 1.39. The minimum atomic E-state index is -0.323. The van der Waals surface area contributed by atoms with Crippen molar-refractivity contribution in [3.05, 3.63) is 40.3 Å². The lowest BCUT2D eigenvalue weighted by molar-refractivity contribution is 0.386. The quantitative estimate of drug-likeness (QED) is 0.943. The van der Waals surface area contributed by atoms with E-state index in [1.165, 1.54) is 6.07 Å². The molecule has 5 heteroatoms. The van der Waals surface area contributed by atoms with Gasteiger partial charge in [0.2, 0.25) is 0 Å². The van der Waals surface area contributed by atoms with Crippen LogP contribution in [0.4, 0.5) is 4.39 Å².